The van der Waals surface area contributed by atoms with Crippen molar-refractivity contribution in [3.63, 3.8) is 0 Å². The fourth-order valence-electron chi connectivity index (χ4n) is 6.16. The lowest BCUT2D eigenvalue weighted by Gasteiger charge is -2.23. The summed E-state index contributed by atoms with van der Waals surface area (Å²) < 4.78 is 22.5. The minimum Gasteiger partial charge on any atom is -0.437 e. The lowest BCUT2D eigenvalue weighted by molar-refractivity contribution is 0.569. The van der Waals surface area contributed by atoms with E-state index in [-0.39, 0.29) is 0 Å². The number of para-hydroxylation sites is 3. The monoisotopic (exact) mass is 553 g/mol. The molecule has 0 saturated heterocycles. The van der Waals surface area contributed by atoms with Gasteiger partial charge in [-0.25, -0.2) is 4.98 Å². The highest BCUT2D eigenvalue weighted by Crippen LogP contribution is 2.39. The van der Waals surface area contributed by atoms with E-state index in [9.17, 15) is 4.39 Å². The second-order valence-electron chi connectivity index (χ2n) is 11.6. The first kappa shape index (κ1) is 26.1. The molecule has 0 radical (unpaired) electrons. The average Bonchev–Trinajstić information content (AvgIpc) is 3.55. The Morgan fingerprint density at radius 3 is 2.17 bits per heavy atom. The summed E-state index contributed by atoms with van der Waals surface area (Å²) in [4.78, 5) is 9.15. The summed E-state index contributed by atoms with van der Waals surface area (Å²) in [6.07, 6.45) is 0. The molecular weight excluding hydrogens is 521 g/mol. The molecule has 208 valence electrons. The second-order valence-corrected chi connectivity index (χ2v) is 11.6. The van der Waals surface area contributed by atoms with Crippen molar-refractivity contribution < 1.29 is 8.81 Å². The smallest absolute Gasteiger partial charge is 0.229 e. The second kappa shape index (κ2) is 10.3. The van der Waals surface area contributed by atoms with Crippen molar-refractivity contribution in [2.24, 2.45) is 0 Å². The van der Waals surface area contributed by atoms with E-state index in [1.807, 2.05) is 24.3 Å². The summed E-state index contributed by atoms with van der Waals surface area (Å²) in [7, 11) is 0. The molecule has 3 aromatic heterocycles. The molecule has 0 unspecified atom stereocenters. The highest BCUT2D eigenvalue weighted by molar-refractivity contribution is 6.08. The Balaban J connectivity index is 1.47. The van der Waals surface area contributed by atoms with Gasteiger partial charge in [-0.15, -0.1) is 0 Å². The van der Waals surface area contributed by atoms with Crippen LogP contribution in [-0.4, -0.2) is 14.5 Å². The summed E-state index contributed by atoms with van der Waals surface area (Å²) in [6.45, 7) is 9.74. The summed E-state index contributed by atoms with van der Waals surface area (Å²) in [5.74, 6) is 0.924. The highest BCUT2D eigenvalue weighted by Gasteiger charge is 2.23. The molecule has 5 heteroatoms. The van der Waals surface area contributed by atoms with E-state index in [2.05, 4.69) is 97.9 Å². The van der Waals surface area contributed by atoms with Crippen molar-refractivity contribution in [3.05, 3.63) is 120 Å². The van der Waals surface area contributed by atoms with Crippen LogP contribution in [0.25, 0.3) is 55.6 Å². The molecule has 4 nitrogen and oxygen atoms in total. The molecular formula is C37H32FN3O. The molecule has 4 aromatic carbocycles. The molecule has 3 heterocycles. The van der Waals surface area contributed by atoms with Gasteiger partial charge in [0.05, 0.1) is 23.1 Å². The summed E-state index contributed by atoms with van der Waals surface area (Å²) >= 11 is 0. The van der Waals surface area contributed by atoms with Gasteiger partial charge in [0.2, 0.25) is 11.7 Å². The fraction of sp³-hybridized carbons (Fsp3) is 0.189. The van der Waals surface area contributed by atoms with E-state index in [0.717, 1.165) is 33.2 Å². The first-order valence-corrected chi connectivity index (χ1v) is 14.5. The zero-order chi connectivity index (χ0) is 29.0. The zero-order valence-corrected chi connectivity index (χ0v) is 24.2. The van der Waals surface area contributed by atoms with Gasteiger partial charge in [0.1, 0.15) is 11.4 Å². The topological polar surface area (TPSA) is 43.9 Å². The van der Waals surface area contributed by atoms with Gasteiger partial charge in [0.15, 0.2) is 0 Å². The Kier molecular flexibility index (Phi) is 6.38. The normalized spacial score (nSPS) is 12.0. The Morgan fingerprint density at radius 2 is 1.43 bits per heavy atom. The number of furan rings is 1. The van der Waals surface area contributed by atoms with Gasteiger partial charge in [-0.2, -0.15) is 9.37 Å². The largest absolute Gasteiger partial charge is 0.437 e. The number of pyridine rings is 1. The van der Waals surface area contributed by atoms with Crippen LogP contribution in [0.4, 0.5) is 4.39 Å². The SMILES string of the molecule is CC(C)c1cc(-c2ccccc2)cc(C(C)C)c1Cn1c(-c2cccc3c2oc2nc(F)ccc23)nc2ccccc21. The molecule has 0 N–H and O–H groups in total. The van der Waals surface area contributed by atoms with Gasteiger partial charge in [-0.05, 0) is 70.0 Å². The average molecular weight is 554 g/mol. The Labute approximate surface area is 244 Å². The maximum atomic E-state index is 14.0. The van der Waals surface area contributed by atoms with Gasteiger partial charge in [-0.3, -0.25) is 0 Å². The van der Waals surface area contributed by atoms with Gasteiger partial charge in [0, 0.05) is 10.8 Å². The number of fused-ring (bicyclic) bond motifs is 4. The van der Waals surface area contributed by atoms with E-state index in [1.54, 1.807) is 6.07 Å². The van der Waals surface area contributed by atoms with Crippen molar-refractivity contribution in [3.8, 4) is 22.5 Å². The predicted molar refractivity (Wildman–Crippen MR) is 169 cm³/mol. The number of hydrogen-bond acceptors (Lipinski definition) is 3. The van der Waals surface area contributed by atoms with Gasteiger partial charge >= 0.3 is 0 Å². The quantitative estimate of drug-likeness (QED) is 0.192. The van der Waals surface area contributed by atoms with Crippen molar-refractivity contribution in [1.82, 2.24) is 14.5 Å². The maximum absolute atomic E-state index is 14.0. The number of benzene rings is 4. The highest BCUT2D eigenvalue weighted by atomic mass is 19.1. The van der Waals surface area contributed by atoms with Crippen LogP contribution in [0.1, 0.15) is 56.2 Å². The third-order valence-electron chi connectivity index (χ3n) is 8.21. The molecule has 0 spiro atoms. The number of hydrogen-bond donors (Lipinski definition) is 0. The molecule has 7 aromatic rings. The molecule has 0 aliphatic carbocycles. The molecule has 0 aliphatic rings. The van der Waals surface area contributed by atoms with E-state index in [4.69, 9.17) is 9.40 Å². The molecule has 0 fully saturated rings. The van der Waals surface area contributed by atoms with Crippen molar-refractivity contribution in [2.45, 2.75) is 46.1 Å². The first-order valence-electron chi connectivity index (χ1n) is 14.5. The van der Waals surface area contributed by atoms with Crippen LogP contribution in [0.3, 0.4) is 0 Å². The predicted octanol–water partition coefficient (Wildman–Crippen LogP) is 10.1. The molecule has 0 aliphatic heterocycles. The molecule has 0 saturated carbocycles. The summed E-state index contributed by atoms with van der Waals surface area (Å²) in [5.41, 5.74) is 10.3. The Hall–Kier alpha value is -4.77. The summed E-state index contributed by atoms with van der Waals surface area (Å²) in [6, 6.07) is 32.7. The van der Waals surface area contributed by atoms with Crippen molar-refractivity contribution >= 4 is 33.1 Å². The van der Waals surface area contributed by atoms with Crippen LogP contribution in [0, 0.1) is 5.95 Å². The fourth-order valence-corrected chi connectivity index (χ4v) is 6.16. The van der Waals surface area contributed by atoms with Crippen LogP contribution in [0.15, 0.2) is 101 Å². The number of rotatable bonds is 6. The third-order valence-corrected chi connectivity index (χ3v) is 8.21. The molecule has 0 atom stereocenters. The van der Waals surface area contributed by atoms with E-state index in [0.29, 0.717) is 29.7 Å². The lowest BCUT2D eigenvalue weighted by Crippen LogP contribution is -2.11. The lowest BCUT2D eigenvalue weighted by atomic mass is 9.85. The van der Waals surface area contributed by atoms with E-state index in [1.165, 1.54) is 33.9 Å². The van der Waals surface area contributed by atoms with Gasteiger partial charge in [0.25, 0.3) is 0 Å². The van der Waals surface area contributed by atoms with E-state index < -0.39 is 5.95 Å². The van der Waals surface area contributed by atoms with Gasteiger partial charge < -0.3 is 8.98 Å². The minimum absolute atomic E-state index is 0.292. The van der Waals surface area contributed by atoms with Crippen LogP contribution in [-0.2, 0) is 6.54 Å². The molecule has 0 amide bonds. The van der Waals surface area contributed by atoms with Gasteiger partial charge in [-0.1, -0.05) is 94.4 Å². The van der Waals surface area contributed by atoms with Crippen molar-refractivity contribution in [2.75, 3.05) is 0 Å². The van der Waals surface area contributed by atoms with Crippen molar-refractivity contribution in [1.29, 1.82) is 0 Å². The Bertz CT molecular complexity index is 2060. The zero-order valence-electron chi connectivity index (χ0n) is 24.2. The van der Waals surface area contributed by atoms with Crippen LogP contribution in [0.2, 0.25) is 0 Å². The van der Waals surface area contributed by atoms with E-state index >= 15 is 0 Å². The molecule has 42 heavy (non-hydrogen) atoms. The van der Waals surface area contributed by atoms with Crippen LogP contribution in [0.5, 0.6) is 0 Å². The Morgan fingerprint density at radius 1 is 0.714 bits per heavy atom. The van der Waals surface area contributed by atoms with Crippen LogP contribution >= 0.6 is 0 Å². The number of halogens is 1. The number of aromatic nitrogens is 3. The number of imidazole rings is 1. The molecule has 0 bridgehead atoms. The standard InChI is InChI=1S/C37H32FN3O/c1-22(2)29-19-25(24-11-6-5-7-12-24)20-30(23(3)4)31(29)21-41-33-16-9-8-15-32(33)39-36(41)28-14-10-13-26-27-17-18-34(38)40-37(27)42-35(26)28/h5-20,22-23H,21H2,1-4H3. The first-order chi connectivity index (χ1) is 20.4. The maximum Gasteiger partial charge on any atom is 0.229 e. The number of nitrogens with zero attached hydrogens (tertiary/aromatic N) is 3. The minimum atomic E-state index is -0.559. The third kappa shape index (κ3) is 4.37. The van der Waals surface area contributed by atoms with Crippen LogP contribution < -0.4 is 0 Å². The molecule has 7 rings (SSSR count). The summed E-state index contributed by atoms with van der Waals surface area (Å²) in [5, 5.41) is 1.68.